The summed E-state index contributed by atoms with van der Waals surface area (Å²) < 4.78 is 18.5. The number of hydrogen-bond acceptors (Lipinski definition) is 4. The van der Waals surface area contributed by atoms with Gasteiger partial charge in [-0.25, -0.2) is 4.98 Å². The molecule has 2 aliphatic rings. The molecule has 154 valence electrons. The van der Waals surface area contributed by atoms with Crippen molar-refractivity contribution in [3.8, 4) is 45.6 Å². The van der Waals surface area contributed by atoms with Gasteiger partial charge in [-0.1, -0.05) is 50.2 Å². The van der Waals surface area contributed by atoms with Gasteiger partial charge in [0.15, 0.2) is 28.6 Å². The molecule has 4 heteroatoms. The summed E-state index contributed by atoms with van der Waals surface area (Å²) in [7, 11) is 0. The minimum absolute atomic E-state index is 0.0926. The maximum Gasteiger partial charge on any atom is 0.227 e. The number of benzene rings is 4. The Morgan fingerprint density at radius 3 is 2.31 bits per heavy atom. The molecule has 0 atom stereocenters. The van der Waals surface area contributed by atoms with Crippen LogP contribution in [0.4, 0.5) is 0 Å². The molecule has 1 aliphatic carbocycles. The van der Waals surface area contributed by atoms with Gasteiger partial charge in [0.2, 0.25) is 5.89 Å². The molecule has 2 heterocycles. The standard InChI is InChI=1S/C28H19NO3/c1-28(2)19-8-4-3-7-17(19)18-14-25-26(15-20(18)28)31-24-13-16(11-12-23(24)30-25)27-29-21-9-5-6-10-22(21)32-27/h3-15H,1-2H3. The molecular formula is C28H19NO3. The maximum absolute atomic E-state index is 6.34. The smallest absolute Gasteiger partial charge is 0.227 e. The van der Waals surface area contributed by atoms with Gasteiger partial charge >= 0.3 is 0 Å². The Hall–Kier alpha value is -4.05. The van der Waals surface area contributed by atoms with Crippen LogP contribution in [0.2, 0.25) is 0 Å². The lowest BCUT2D eigenvalue weighted by molar-refractivity contribution is 0.359. The highest BCUT2D eigenvalue weighted by molar-refractivity contribution is 5.83. The van der Waals surface area contributed by atoms with Gasteiger partial charge in [-0.15, -0.1) is 0 Å². The zero-order chi connectivity index (χ0) is 21.4. The van der Waals surface area contributed by atoms with E-state index in [1.165, 1.54) is 22.3 Å². The Kier molecular flexibility index (Phi) is 3.31. The molecule has 0 saturated heterocycles. The van der Waals surface area contributed by atoms with Crippen molar-refractivity contribution in [2.24, 2.45) is 0 Å². The molecule has 0 spiro atoms. The number of oxazole rings is 1. The van der Waals surface area contributed by atoms with E-state index in [0.717, 1.165) is 28.2 Å². The van der Waals surface area contributed by atoms with Crippen LogP contribution in [0.15, 0.2) is 83.3 Å². The Labute approximate surface area is 185 Å². The minimum Gasteiger partial charge on any atom is -0.449 e. The van der Waals surface area contributed by atoms with Crippen molar-refractivity contribution in [2.75, 3.05) is 0 Å². The Morgan fingerprint density at radius 1 is 0.656 bits per heavy atom. The quantitative estimate of drug-likeness (QED) is 0.275. The van der Waals surface area contributed by atoms with Crippen molar-refractivity contribution in [1.82, 2.24) is 4.98 Å². The van der Waals surface area contributed by atoms with E-state index in [2.05, 4.69) is 55.2 Å². The van der Waals surface area contributed by atoms with E-state index in [9.17, 15) is 0 Å². The fourth-order valence-corrected chi connectivity index (χ4v) is 4.91. The van der Waals surface area contributed by atoms with Gasteiger partial charge in [-0.05, 0) is 64.7 Å². The second-order valence-corrected chi connectivity index (χ2v) is 8.87. The first-order chi connectivity index (χ1) is 15.6. The third-order valence-electron chi connectivity index (χ3n) is 6.57. The van der Waals surface area contributed by atoms with E-state index in [1.54, 1.807) is 0 Å². The van der Waals surface area contributed by atoms with Crippen LogP contribution < -0.4 is 9.47 Å². The third-order valence-corrected chi connectivity index (χ3v) is 6.57. The first kappa shape index (κ1) is 17.6. The van der Waals surface area contributed by atoms with Crippen molar-refractivity contribution in [3.63, 3.8) is 0 Å². The van der Waals surface area contributed by atoms with Gasteiger partial charge in [0.1, 0.15) is 5.52 Å². The largest absolute Gasteiger partial charge is 0.449 e. The predicted molar refractivity (Wildman–Crippen MR) is 124 cm³/mol. The van der Waals surface area contributed by atoms with Gasteiger partial charge in [-0.2, -0.15) is 0 Å². The van der Waals surface area contributed by atoms with Crippen LogP contribution in [0, 0.1) is 0 Å². The summed E-state index contributed by atoms with van der Waals surface area (Å²) >= 11 is 0. The van der Waals surface area contributed by atoms with Crippen molar-refractivity contribution in [2.45, 2.75) is 19.3 Å². The number of hydrogen-bond donors (Lipinski definition) is 0. The highest BCUT2D eigenvalue weighted by Gasteiger charge is 2.37. The lowest BCUT2D eigenvalue weighted by Gasteiger charge is -2.25. The molecule has 7 rings (SSSR count). The molecule has 5 aromatic rings. The second-order valence-electron chi connectivity index (χ2n) is 8.87. The average molecular weight is 417 g/mol. The summed E-state index contributed by atoms with van der Waals surface area (Å²) in [6.07, 6.45) is 0. The van der Waals surface area contributed by atoms with E-state index < -0.39 is 0 Å². The van der Waals surface area contributed by atoms with E-state index in [4.69, 9.17) is 13.9 Å². The van der Waals surface area contributed by atoms with Crippen LogP contribution in [0.3, 0.4) is 0 Å². The third kappa shape index (κ3) is 2.35. The van der Waals surface area contributed by atoms with Gasteiger partial charge in [0.25, 0.3) is 0 Å². The Bertz CT molecular complexity index is 1530. The van der Waals surface area contributed by atoms with Crippen molar-refractivity contribution >= 4 is 11.1 Å². The zero-order valence-electron chi connectivity index (χ0n) is 17.7. The lowest BCUT2D eigenvalue weighted by atomic mass is 9.82. The summed E-state index contributed by atoms with van der Waals surface area (Å²) in [5.74, 6) is 3.37. The number of fused-ring (bicyclic) bond motifs is 6. The molecule has 0 saturated carbocycles. The molecule has 1 aromatic heterocycles. The first-order valence-corrected chi connectivity index (χ1v) is 10.7. The highest BCUT2D eigenvalue weighted by atomic mass is 16.6. The SMILES string of the molecule is CC1(C)c2ccccc2-c2cc3c(cc21)Oc1cc(-c2nc4ccccc4o2)ccc1O3. The number of aromatic nitrogens is 1. The predicted octanol–water partition coefficient (Wildman–Crippen LogP) is 7.70. The van der Waals surface area contributed by atoms with E-state index >= 15 is 0 Å². The van der Waals surface area contributed by atoms with Crippen LogP contribution in [-0.2, 0) is 5.41 Å². The molecule has 4 nitrogen and oxygen atoms in total. The summed E-state index contributed by atoms with van der Waals surface area (Å²) in [5.41, 5.74) is 7.40. The molecule has 0 N–H and O–H groups in total. The summed E-state index contributed by atoms with van der Waals surface area (Å²) in [5, 5.41) is 0. The van der Waals surface area contributed by atoms with Crippen LogP contribution in [0.5, 0.6) is 23.0 Å². The van der Waals surface area contributed by atoms with Crippen molar-refractivity contribution < 1.29 is 13.9 Å². The molecule has 32 heavy (non-hydrogen) atoms. The Balaban J connectivity index is 1.31. The second kappa shape index (κ2) is 6.01. The molecular weight excluding hydrogens is 398 g/mol. The fourth-order valence-electron chi connectivity index (χ4n) is 4.91. The van der Waals surface area contributed by atoms with E-state index in [1.807, 2.05) is 42.5 Å². The highest BCUT2D eigenvalue weighted by Crippen LogP contribution is 2.55. The van der Waals surface area contributed by atoms with E-state index in [-0.39, 0.29) is 5.41 Å². The Morgan fingerprint density at radius 2 is 1.41 bits per heavy atom. The van der Waals surface area contributed by atoms with Gasteiger partial charge in [-0.3, -0.25) is 0 Å². The summed E-state index contributed by atoms with van der Waals surface area (Å²) in [4.78, 5) is 4.60. The summed E-state index contributed by atoms with van der Waals surface area (Å²) in [6.45, 7) is 4.51. The van der Waals surface area contributed by atoms with Crippen molar-refractivity contribution in [3.05, 3.63) is 90.0 Å². The minimum atomic E-state index is -0.0926. The topological polar surface area (TPSA) is 44.5 Å². The van der Waals surface area contributed by atoms with Crippen LogP contribution in [0.1, 0.15) is 25.0 Å². The normalized spacial score (nSPS) is 14.7. The first-order valence-electron chi connectivity index (χ1n) is 10.7. The maximum atomic E-state index is 6.34. The molecule has 0 bridgehead atoms. The van der Waals surface area contributed by atoms with Crippen LogP contribution in [0.25, 0.3) is 33.7 Å². The monoisotopic (exact) mass is 417 g/mol. The summed E-state index contributed by atoms with van der Waals surface area (Å²) in [6, 6.07) is 26.3. The van der Waals surface area contributed by atoms with Crippen molar-refractivity contribution in [1.29, 1.82) is 0 Å². The number of ether oxygens (including phenoxy) is 2. The van der Waals surface area contributed by atoms with Gasteiger partial charge in [0, 0.05) is 11.0 Å². The zero-order valence-corrected chi connectivity index (χ0v) is 17.7. The number of nitrogens with zero attached hydrogens (tertiary/aromatic N) is 1. The molecule has 1 aliphatic heterocycles. The number of para-hydroxylation sites is 2. The fraction of sp³-hybridized carbons (Fsp3) is 0.107. The molecule has 0 amide bonds. The molecule has 4 aromatic carbocycles. The van der Waals surface area contributed by atoms with Crippen LogP contribution in [-0.4, -0.2) is 4.98 Å². The van der Waals surface area contributed by atoms with Gasteiger partial charge < -0.3 is 13.9 Å². The molecule has 0 radical (unpaired) electrons. The van der Waals surface area contributed by atoms with Gasteiger partial charge in [0.05, 0.1) is 0 Å². The number of rotatable bonds is 1. The average Bonchev–Trinajstić information content (AvgIpc) is 3.34. The molecule has 0 unspecified atom stereocenters. The lowest BCUT2D eigenvalue weighted by Crippen LogP contribution is -2.15. The van der Waals surface area contributed by atoms with Crippen LogP contribution >= 0.6 is 0 Å². The molecule has 0 fully saturated rings. The van der Waals surface area contributed by atoms with E-state index in [0.29, 0.717) is 17.4 Å².